The molecule has 144 valence electrons. The number of halogens is 1. The van der Waals surface area contributed by atoms with Crippen molar-refractivity contribution in [2.24, 2.45) is 11.8 Å². The van der Waals surface area contributed by atoms with Gasteiger partial charge in [0.05, 0.1) is 6.10 Å². The third-order valence-corrected chi connectivity index (χ3v) is 6.12. The van der Waals surface area contributed by atoms with E-state index in [1.54, 1.807) is 0 Å². The monoisotopic (exact) mass is 387 g/mol. The highest BCUT2D eigenvalue weighted by Crippen LogP contribution is 2.38. The molecule has 1 aromatic heterocycles. The second-order valence-corrected chi connectivity index (χ2v) is 8.25. The first kappa shape index (κ1) is 18.8. The summed E-state index contributed by atoms with van der Waals surface area (Å²) in [5.74, 6) is 1.47. The number of nitrogens with zero attached hydrogens (tertiary/aromatic N) is 2. The second kappa shape index (κ2) is 8.23. The van der Waals surface area contributed by atoms with Crippen molar-refractivity contribution in [3.05, 3.63) is 58.6 Å². The number of rotatable bonds is 7. The number of aromatic nitrogens is 2. The van der Waals surface area contributed by atoms with Crippen LogP contribution in [0.15, 0.2) is 36.5 Å². The van der Waals surface area contributed by atoms with Gasteiger partial charge >= 0.3 is 0 Å². The van der Waals surface area contributed by atoms with E-state index in [9.17, 15) is 10.2 Å². The molecular formula is C21H26ClN3O2. The van der Waals surface area contributed by atoms with Gasteiger partial charge in [-0.2, -0.15) is 0 Å². The molecule has 6 heteroatoms. The Bertz CT molecular complexity index is 766. The quantitative estimate of drug-likeness (QED) is 0.680. The summed E-state index contributed by atoms with van der Waals surface area (Å²) in [6.45, 7) is 0.700. The number of benzene rings is 1. The average molecular weight is 388 g/mol. The topological polar surface area (TPSA) is 78.3 Å². The minimum absolute atomic E-state index is 0.00841. The zero-order chi connectivity index (χ0) is 18.8. The van der Waals surface area contributed by atoms with Crippen molar-refractivity contribution in [1.29, 1.82) is 0 Å². The highest BCUT2D eigenvalue weighted by molar-refractivity contribution is 6.30. The van der Waals surface area contributed by atoms with Gasteiger partial charge in [-0.1, -0.05) is 23.7 Å². The van der Waals surface area contributed by atoms with E-state index < -0.39 is 6.10 Å². The molecule has 0 radical (unpaired) electrons. The van der Waals surface area contributed by atoms with Crippen LogP contribution in [-0.4, -0.2) is 38.9 Å². The molecule has 4 atom stereocenters. The summed E-state index contributed by atoms with van der Waals surface area (Å²) < 4.78 is 0. The van der Waals surface area contributed by atoms with Crippen molar-refractivity contribution in [3.63, 3.8) is 0 Å². The van der Waals surface area contributed by atoms with Gasteiger partial charge in [-0.25, -0.2) is 9.97 Å². The summed E-state index contributed by atoms with van der Waals surface area (Å²) in [7, 11) is 0. The zero-order valence-corrected chi connectivity index (χ0v) is 16.0. The Morgan fingerprint density at radius 3 is 2.59 bits per heavy atom. The molecule has 3 N–H and O–H groups in total. The lowest BCUT2D eigenvalue weighted by atomic mass is 9.88. The van der Waals surface area contributed by atoms with Crippen LogP contribution in [0.25, 0.3) is 0 Å². The second-order valence-electron chi connectivity index (χ2n) is 7.81. The molecule has 2 saturated carbocycles. The standard InChI is InChI=1S/C21H26ClN3O2/c22-15-5-1-13(2-6-15)11-24-19-10-20(27)18(12-26)17(19)9-16-7-8-23-21(25-16)14-3-4-14/h1-2,5-8,14,17-20,24,26-27H,3-4,9-12H2/t17-,18-,19-,20-/m1/s1. The first-order valence-corrected chi connectivity index (χ1v) is 10.1. The van der Waals surface area contributed by atoms with Crippen LogP contribution in [0.4, 0.5) is 0 Å². The molecule has 0 bridgehead atoms. The molecule has 1 heterocycles. The Balaban J connectivity index is 1.46. The van der Waals surface area contributed by atoms with Crippen LogP contribution in [0.3, 0.4) is 0 Å². The number of aliphatic hydroxyl groups is 2. The smallest absolute Gasteiger partial charge is 0.131 e. The third-order valence-electron chi connectivity index (χ3n) is 5.87. The molecule has 4 rings (SSSR count). The summed E-state index contributed by atoms with van der Waals surface area (Å²) in [4.78, 5) is 9.13. The number of nitrogens with one attached hydrogen (secondary N) is 1. The van der Waals surface area contributed by atoms with Crippen molar-refractivity contribution in [1.82, 2.24) is 15.3 Å². The molecule has 27 heavy (non-hydrogen) atoms. The van der Waals surface area contributed by atoms with Crippen LogP contribution in [0.5, 0.6) is 0 Å². The summed E-state index contributed by atoms with van der Waals surface area (Å²) in [6, 6.07) is 9.87. The van der Waals surface area contributed by atoms with Gasteiger partial charge in [0, 0.05) is 47.9 Å². The fourth-order valence-electron chi connectivity index (χ4n) is 4.14. The number of aliphatic hydroxyl groups excluding tert-OH is 2. The lowest BCUT2D eigenvalue weighted by molar-refractivity contribution is 0.0716. The van der Waals surface area contributed by atoms with E-state index >= 15 is 0 Å². The van der Waals surface area contributed by atoms with Crippen LogP contribution in [0.2, 0.25) is 5.02 Å². The van der Waals surface area contributed by atoms with Gasteiger partial charge in [-0.15, -0.1) is 0 Å². The van der Waals surface area contributed by atoms with Crippen molar-refractivity contribution >= 4 is 11.6 Å². The van der Waals surface area contributed by atoms with Gasteiger partial charge in [-0.05, 0) is 55.4 Å². The molecular weight excluding hydrogens is 362 g/mol. The molecule has 2 aliphatic carbocycles. The van der Waals surface area contributed by atoms with E-state index in [1.807, 2.05) is 36.5 Å². The predicted octanol–water partition coefficient (Wildman–Crippen LogP) is 2.70. The summed E-state index contributed by atoms with van der Waals surface area (Å²) >= 11 is 5.96. The van der Waals surface area contributed by atoms with Crippen LogP contribution in [-0.2, 0) is 13.0 Å². The minimum atomic E-state index is -0.493. The Labute approximate surface area is 164 Å². The summed E-state index contributed by atoms with van der Waals surface area (Å²) in [5.41, 5.74) is 2.15. The fraction of sp³-hybridized carbons (Fsp3) is 0.524. The molecule has 2 aromatic rings. The molecule has 2 fully saturated rings. The van der Waals surface area contributed by atoms with Crippen LogP contribution >= 0.6 is 11.6 Å². The van der Waals surface area contributed by atoms with Gasteiger partial charge in [0.15, 0.2) is 0 Å². The van der Waals surface area contributed by atoms with Crippen molar-refractivity contribution in [2.45, 2.75) is 50.3 Å². The van der Waals surface area contributed by atoms with E-state index in [4.69, 9.17) is 16.6 Å². The van der Waals surface area contributed by atoms with Crippen LogP contribution < -0.4 is 5.32 Å². The number of hydrogen-bond acceptors (Lipinski definition) is 5. The predicted molar refractivity (Wildman–Crippen MR) is 104 cm³/mol. The fourth-order valence-corrected chi connectivity index (χ4v) is 4.26. The lowest BCUT2D eigenvalue weighted by Gasteiger charge is -2.25. The third kappa shape index (κ3) is 4.49. The molecule has 0 saturated heterocycles. The van der Waals surface area contributed by atoms with Gasteiger partial charge in [0.1, 0.15) is 5.82 Å². The Hall–Kier alpha value is -1.53. The Kier molecular flexibility index (Phi) is 5.74. The van der Waals surface area contributed by atoms with Gasteiger partial charge < -0.3 is 15.5 Å². The molecule has 2 aliphatic rings. The normalized spacial score (nSPS) is 27.8. The van der Waals surface area contributed by atoms with Crippen molar-refractivity contribution < 1.29 is 10.2 Å². The van der Waals surface area contributed by atoms with Crippen LogP contribution in [0, 0.1) is 11.8 Å². The molecule has 5 nitrogen and oxygen atoms in total. The van der Waals surface area contributed by atoms with Gasteiger partial charge in [0.25, 0.3) is 0 Å². The Morgan fingerprint density at radius 1 is 1.11 bits per heavy atom. The molecule has 0 spiro atoms. The SMILES string of the molecule is OC[C@@H]1[C@@H](Cc2ccnc(C3CC3)n2)[C@H](NCc2ccc(Cl)cc2)C[C@H]1O. The van der Waals surface area contributed by atoms with E-state index in [2.05, 4.69) is 10.3 Å². The zero-order valence-electron chi connectivity index (χ0n) is 15.3. The van der Waals surface area contributed by atoms with Crippen LogP contribution in [0.1, 0.15) is 42.3 Å². The molecule has 0 unspecified atom stereocenters. The van der Waals surface area contributed by atoms with Gasteiger partial charge in [0.2, 0.25) is 0 Å². The highest BCUT2D eigenvalue weighted by Gasteiger charge is 2.42. The Morgan fingerprint density at radius 2 is 1.89 bits per heavy atom. The average Bonchev–Trinajstić information content (AvgIpc) is 3.47. The van der Waals surface area contributed by atoms with E-state index in [0.717, 1.165) is 28.5 Å². The van der Waals surface area contributed by atoms with E-state index in [0.29, 0.717) is 18.9 Å². The van der Waals surface area contributed by atoms with E-state index in [-0.39, 0.29) is 24.5 Å². The summed E-state index contributed by atoms with van der Waals surface area (Å²) in [6.07, 6.45) is 5.08. The van der Waals surface area contributed by atoms with Gasteiger partial charge in [-0.3, -0.25) is 0 Å². The van der Waals surface area contributed by atoms with Crippen molar-refractivity contribution in [3.8, 4) is 0 Å². The maximum atomic E-state index is 10.4. The largest absolute Gasteiger partial charge is 0.396 e. The first-order valence-electron chi connectivity index (χ1n) is 9.72. The molecule has 0 aliphatic heterocycles. The minimum Gasteiger partial charge on any atom is -0.396 e. The van der Waals surface area contributed by atoms with E-state index in [1.165, 1.54) is 12.8 Å². The lowest BCUT2D eigenvalue weighted by Crippen LogP contribution is -2.36. The summed E-state index contributed by atoms with van der Waals surface area (Å²) in [5, 5.41) is 24.6. The molecule has 1 aromatic carbocycles. The first-order chi connectivity index (χ1) is 13.1. The number of hydrogen-bond donors (Lipinski definition) is 3. The maximum absolute atomic E-state index is 10.4. The van der Waals surface area contributed by atoms with Crippen molar-refractivity contribution in [2.75, 3.05) is 6.61 Å². The maximum Gasteiger partial charge on any atom is 0.131 e. The highest BCUT2D eigenvalue weighted by atomic mass is 35.5. The molecule has 0 amide bonds.